The first kappa shape index (κ1) is 14.0. The van der Waals surface area contributed by atoms with Crippen molar-refractivity contribution in [3.05, 3.63) is 34.9 Å². The maximum Gasteiger partial charge on any atom is 0.321 e. The monoisotopic (exact) mass is 256 g/mol. The predicted molar refractivity (Wildman–Crippen MR) is 68.1 cm³/mol. The van der Waals surface area contributed by atoms with Gasteiger partial charge in [-0.25, -0.2) is 0 Å². The summed E-state index contributed by atoms with van der Waals surface area (Å²) in [5.74, 6) is -0.991. The lowest BCUT2D eigenvalue weighted by atomic mass is 10.1. The highest BCUT2D eigenvalue weighted by Gasteiger charge is 2.18. The number of aliphatic carboxylic acids is 1. The largest absolute Gasteiger partial charge is 0.480 e. The highest BCUT2D eigenvalue weighted by molar-refractivity contribution is 6.30. The van der Waals surface area contributed by atoms with Crippen LogP contribution in [0.1, 0.15) is 18.5 Å². The third-order valence-corrected chi connectivity index (χ3v) is 3.03. The Labute approximate surface area is 106 Å². The van der Waals surface area contributed by atoms with Crippen molar-refractivity contribution in [2.75, 3.05) is 13.6 Å². The van der Waals surface area contributed by atoms with E-state index in [1.54, 1.807) is 6.07 Å². The van der Waals surface area contributed by atoms with Crippen molar-refractivity contribution >= 4 is 17.6 Å². The van der Waals surface area contributed by atoms with Gasteiger partial charge in [-0.15, -0.1) is 0 Å². The van der Waals surface area contributed by atoms with Crippen LogP contribution in [0.2, 0.25) is 5.02 Å². The number of carboxylic acids is 1. The minimum absolute atomic E-state index is 0.0686. The number of nitrogens with zero attached hydrogens (tertiary/aromatic N) is 1. The summed E-state index contributed by atoms with van der Waals surface area (Å²) in [6.45, 7) is 2.28. The van der Waals surface area contributed by atoms with Crippen LogP contribution in [-0.4, -0.2) is 35.6 Å². The molecule has 2 unspecified atom stereocenters. The number of carbonyl (C=O) groups is 1. The molecule has 0 aliphatic rings. The van der Waals surface area contributed by atoms with Crippen molar-refractivity contribution in [3.63, 3.8) is 0 Å². The molecule has 0 spiro atoms. The number of rotatable bonds is 5. The Hall–Kier alpha value is -1.10. The molecule has 3 N–H and O–H groups in total. The summed E-state index contributed by atoms with van der Waals surface area (Å²) in [4.78, 5) is 12.6. The summed E-state index contributed by atoms with van der Waals surface area (Å²) in [6.07, 6.45) is 0. The van der Waals surface area contributed by atoms with Gasteiger partial charge in [-0.05, 0) is 31.7 Å². The van der Waals surface area contributed by atoms with Crippen LogP contribution < -0.4 is 5.73 Å². The number of hydrogen-bond donors (Lipinski definition) is 2. The fraction of sp³-hybridized carbons (Fsp3) is 0.417. The van der Waals surface area contributed by atoms with E-state index in [1.165, 1.54) is 0 Å². The SMILES string of the molecule is CC(c1cccc(Cl)c1)N(C)CC(N)C(=O)O. The Morgan fingerprint density at radius 3 is 2.76 bits per heavy atom. The molecule has 17 heavy (non-hydrogen) atoms. The normalized spacial score (nSPS) is 14.6. The number of carboxylic acid groups (broad SMARTS) is 1. The third-order valence-electron chi connectivity index (χ3n) is 2.79. The molecule has 0 aliphatic carbocycles. The van der Waals surface area contributed by atoms with E-state index >= 15 is 0 Å². The van der Waals surface area contributed by atoms with Crippen LogP contribution >= 0.6 is 11.6 Å². The van der Waals surface area contributed by atoms with Crippen LogP contribution in [-0.2, 0) is 4.79 Å². The molecule has 4 nitrogen and oxygen atoms in total. The van der Waals surface area contributed by atoms with Crippen LogP contribution in [0.15, 0.2) is 24.3 Å². The van der Waals surface area contributed by atoms with Gasteiger partial charge in [0.2, 0.25) is 0 Å². The van der Waals surface area contributed by atoms with Gasteiger partial charge in [0.15, 0.2) is 0 Å². The molecule has 0 bridgehead atoms. The highest BCUT2D eigenvalue weighted by atomic mass is 35.5. The molecular formula is C12H17ClN2O2. The van der Waals surface area contributed by atoms with Crippen molar-refractivity contribution < 1.29 is 9.90 Å². The highest BCUT2D eigenvalue weighted by Crippen LogP contribution is 2.21. The molecule has 0 saturated heterocycles. The molecule has 0 aromatic heterocycles. The molecule has 0 fully saturated rings. The van der Waals surface area contributed by atoms with Gasteiger partial charge in [0.05, 0.1) is 0 Å². The van der Waals surface area contributed by atoms with E-state index in [-0.39, 0.29) is 6.04 Å². The smallest absolute Gasteiger partial charge is 0.321 e. The standard InChI is InChI=1S/C12H17ClN2O2/c1-8(9-4-3-5-10(13)6-9)15(2)7-11(14)12(16)17/h3-6,8,11H,7,14H2,1-2H3,(H,16,17). The van der Waals surface area contributed by atoms with Gasteiger partial charge in [0.1, 0.15) is 6.04 Å². The molecule has 94 valence electrons. The second kappa shape index (κ2) is 6.00. The predicted octanol–water partition coefficient (Wildman–Crippen LogP) is 1.74. The van der Waals surface area contributed by atoms with Crippen molar-refractivity contribution in [2.45, 2.75) is 19.0 Å². The van der Waals surface area contributed by atoms with Crippen LogP contribution in [0.4, 0.5) is 0 Å². The fourth-order valence-electron chi connectivity index (χ4n) is 1.57. The summed E-state index contributed by atoms with van der Waals surface area (Å²) >= 11 is 5.91. The van der Waals surface area contributed by atoms with E-state index in [1.807, 2.05) is 37.1 Å². The van der Waals surface area contributed by atoms with Crippen LogP contribution in [0.3, 0.4) is 0 Å². The van der Waals surface area contributed by atoms with Gasteiger partial charge in [0, 0.05) is 17.6 Å². The average molecular weight is 257 g/mol. The maximum absolute atomic E-state index is 10.7. The Balaban J connectivity index is 2.69. The molecule has 5 heteroatoms. The van der Waals surface area contributed by atoms with E-state index in [0.29, 0.717) is 11.6 Å². The van der Waals surface area contributed by atoms with Gasteiger partial charge >= 0.3 is 5.97 Å². The first-order valence-electron chi connectivity index (χ1n) is 5.36. The van der Waals surface area contributed by atoms with Crippen molar-refractivity contribution in [2.24, 2.45) is 5.73 Å². The van der Waals surface area contributed by atoms with Crippen LogP contribution in [0.25, 0.3) is 0 Å². The molecular weight excluding hydrogens is 240 g/mol. The number of benzene rings is 1. The Kier molecular flexibility index (Phi) is 4.93. The first-order valence-corrected chi connectivity index (χ1v) is 5.73. The van der Waals surface area contributed by atoms with Gasteiger partial charge in [0.25, 0.3) is 0 Å². The summed E-state index contributed by atoms with van der Waals surface area (Å²) < 4.78 is 0. The Morgan fingerprint density at radius 1 is 1.59 bits per heavy atom. The van der Waals surface area contributed by atoms with E-state index in [4.69, 9.17) is 22.4 Å². The van der Waals surface area contributed by atoms with E-state index in [9.17, 15) is 4.79 Å². The second-order valence-corrected chi connectivity index (χ2v) is 4.55. The van der Waals surface area contributed by atoms with Crippen molar-refractivity contribution in [3.8, 4) is 0 Å². The lowest BCUT2D eigenvalue weighted by Crippen LogP contribution is -2.41. The number of halogens is 1. The molecule has 2 atom stereocenters. The summed E-state index contributed by atoms with van der Waals surface area (Å²) in [6, 6.07) is 6.70. The zero-order valence-corrected chi connectivity index (χ0v) is 10.7. The Bertz CT molecular complexity index is 398. The van der Waals surface area contributed by atoms with Crippen molar-refractivity contribution in [1.29, 1.82) is 0 Å². The minimum atomic E-state index is -0.991. The lowest BCUT2D eigenvalue weighted by Gasteiger charge is -2.26. The van der Waals surface area contributed by atoms with Crippen LogP contribution in [0.5, 0.6) is 0 Å². The molecule has 0 amide bonds. The number of nitrogens with two attached hydrogens (primary N) is 1. The quantitative estimate of drug-likeness (QED) is 0.842. The fourth-order valence-corrected chi connectivity index (χ4v) is 1.77. The summed E-state index contributed by atoms with van der Waals surface area (Å²) in [7, 11) is 1.84. The van der Waals surface area contributed by atoms with Gasteiger partial charge in [-0.2, -0.15) is 0 Å². The molecule has 0 saturated carbocycles. The molecule has 0 radical (unpaired) electrons. The Morgan fingerprint density at radius 2 is 2.24 bits per heavy atom. The minimum Gasteiger partial charge on any atom is -0.480 e. The average Bonchev–Trinajstić information content (AvgIpc) is 2.27. The first-order chi connectivity index (χ1) is 7.91. The third kappa shape index (κ3) is 4.00. The lowest BCUT2D eigenvalue weighted by molar-refractivity contribution is -0.139. The van der Waals surface area contributed by atoms with E-state index in [0.717, 1.165) is 5.56 Å². The summed E-state index contributed by atoms with van der Waals surface area (Å²) in [5.41, 5.74) is 6.54. The van der Waals surface area contributed by atoms with Crippen molar-refractivity contribution in [1.82, 2.24) is 4.90 Å². The zero-order valence-electron chi connectivity index (χ0n) is 9.93. The van der Waals surface area contributed by atoms with E-state index < -0.39 is 12.0 Å². The molecule has 1 rings (SSSR count). The maximum atomic E-state index is 10.7. The molecule has 1 aromatic carbocycles. The van der Waals surface area contributed by atoms with Gasteiger partial charge < -0.3 is 10.8 Å². The molecule has 0 heterocycles. The zero-order chi connectivity index (χ0) is 13.0. The van der Waals surface area contributed by atoms with Crippen LogP contribution in [0, 0.1) is 0 Å². The summed E-state index contributed by atoms with van der Waals surface area (Å²) in [5, 5.41) is 9.43. The number of likely N-dealkylation sites (N-methyl/N-ethyl adjacent to an activating group) is 1. The topological polar surface area (TPSA) is 66.6 Å². The molecule has 1 aromatic rings. The number of hydrogen-bond acceptors (Lipinski definition) is 3. The van der Waals surface area contributed by atoms with Gasteiger partial charge in [-0.3, -0.25) is 9.69 Å². The van der Waals surface area contributed by atoms with Gasteiger partial charge in [-0.1, -0.05) is 23.7 Å². The molecule has 0 aliphatic heterocycles. The second-order valence-electron chi connectivity index (χ2n) is 4.12. The van der Waals surface area contributed by atoms with E-state index in [2.05, 4.69) is 0 Å².